The molecule has 1 heterocycles. The molecule has 1 saturated carbocycles. The predicted octanol–water partition coefficient (Wildman–Crippen LogP) is 4.58. The van der Waals surface area contributed by atoms with E-state index in [0.717, 1.165) is 71.7 Å². The topological polar surface area (TPSA) is 73.9 Å². The van der Waals surface area contributed by atoms with Crippen molar-refractivity contribution in [2.45, 2.75) is 58.0 Å². The molecule has 2 aliphatic rings. The van der Waals surface area contributed by atoms with Crippen molar-refractivity contribution in [3.63, 3.8) is 0 Å². The number of aryl methyl sites for hydroxylation is 2. The van der Waals surface area contributed by atoms with Crippen LogP contribution in [0.4, 0.5) is 11.4 Å². The average molecular weight is 479 g/mol. The number of hydrogen-bond acceptors (Lipinski definition) is 5. The maximum atomic E-state index is 13.8. The molecule has 0 bridgehead atoms. The van der Waals surface area contributed by atoms with Gasteiger partial charge in [-0.15, -0.1) is 0 Å². The zero-order chi connectivity index (χ0) is 25.2. The van der Waals surface area contributed by atoms with Crippen molar-refractivity contribution in [1.29, 1.82) is 0 Å². The van der Waals surface area contributed by atoms with E-state index in [0.29, 0.717) is 19.4 Å². The molecule has 0 spiro atoms. The predicted molar refractivity (Wildman–Crippen MR) is 140 cm³/mol. The lowest BCUT2D eigenvalue weighted by Gasteiger charge is -2.43. The van der Waals surface area contributed by atoms with Crippen LogP contribution in [-0.2, 0) is 11.3 Å². The Morgan fingerprint density at radius 2 is 1.77 bits per heavy atom. The third-order valence-corrected chi connectivity index (χ3v) is 7.43. The zero-order valence-corrected chi connectivity index (χ0v) is 21.7. The number of rotatable bonds is 8. The van der Waals surface area contributed by atoms with Gasteiger partial charge in [0.15, 0.2) is 0 Å². The maximum absolute atomic E-state index is 13.8. The highest BCUT2D eigenvalue weighted by Crippen LogP contribution is 2.41. The van der Waals surface area contributed by atoms with Gasteiger partial charge in [-0.25, -0.2) is 0 Å². The van der Waals surface area contributed by atoms with Crippen LogP contribution in [0.15, 0.2) is 30.3 Å². The average Bonchev–Trinajstić information content (AvgIpc) is 3.17. The first kappa shape index (κ1) is 25.0. The van der Waals surface area contributed by atoms with E-state index in [1.165, 1.54) is 0 Å². The molecular weight excluding hydrogens is 440 g/mol. The van der Waals surface area contributed by atoms with E-state index in [-0.39, 0.29) is 11.8 Å². The summed E-state index contributed by atoms with van der Waals surface area (Å²) in [4.78, 5) is 31.6. The summed E-state index contributed by atoms with van der Waals surface area (Å²) in [5, 5.41) is 6.57. The van der Waals surface area contributed by atoms with Crippen LogP contribution in [0.3, 0.4) is 0 Å². The van der Waals surface area contributed by atoms with Crippen molar-refractivity contribution in [2.75, 3.05) is 44.9 Å². The number of ether oxygens (including phenoxy) is 1. The highest BCUT2D eigenvalue weighted by atomic mass is 16.5. The number of amides is 2. The summed E-state index contributed by atoms with van der Waals surface area (Å²) >= 11 is 0. The Bertz CT molecular complexity index is 1110. The molecule has 7 heteroatoms. The molecular formula is C28H38N4O3. The first-order valence-corrected chi connectivity index (χ1v) is 12.6. The summed E-state index contributed by atoms with van der Waals surface area (Å²) in [6.07, 6.45) is 4.32. The first-order valence-electron chi connectivity index (χ1n) is 12.6. The van der Waals surface area contributed by atoms with Gasteiger partial charge in [-0.2, -0.15) is 0 Å². The van der Waals surface area contributed by atoms with Crippen molar-refractivity contribution in [2.24, 2.45) is 0 Å². The van der Waals surface area contributed by atoms with Crippen molar-refractivity contribution in [3.8, 4) is 5.75 Å². The smallest absolute Gasteiger partial charge is 0.255 e. The second-order valence-corrected chi connectivity index (χ2v) is 10.2. The lowest BCUT2D eigenvalue weighted by atomic mass is 9.79. The van der Waals surface area contributed by atoms with Gasteiger partial charge in [0.1, 0.15) is 11.3 Å². The van der Waals surface area contributed by atoms with Gasteiger partial charge in [0, 0.05) is 36.6 Å². The number of nitrogens with zero attached hydrogens (tertiary/aromatic N) is 2. The largest absolute Gasteiger partial charge is 0.496 e. The van der Waals surface area contributed by atoms with E-state index in [2.05, 4.69) is 28.5 Å². The monoisotopic (exact) mass is 478 g/mol. The maximum Gasteiger partial charge on any atom is 0.255 e. The highest BCUT2D eigenvalue weighted by Gasteiger charge is 2.50. The Kier molecular flexibility index (Phi) is 7.36. The zero-order valence-electron chi connectivity index (χ0n) is 21.7. The molecule has 0 saturated heterocycles. The minimum absolute atomic E-state index is 0.0395. The Hall–Kier alpha value is -3.06. The molecule has 1 fully saturated rings. The van der Waals surface area contributed by atoms with Gasteiger partial charge >= 0.3 is 0 Å². The lowest BCUT2D eigenvalue weighted by Crippen LogP contribution is -2.58. The van der Waals surface area contributed by atoms with Crippen LogP contribution in [0.1, 0.15) is 59.2 Å². The molecule has 188 valence electrons. The van der Waals surface area contributed by atoms with Crippen LogP contribution in [0.2, 0.25) is 0 Å². The van der Waals surface area contributed by atoms with Crippen molar-refractivity contribution >= 4 is 23.2 Å². The van der Waals surface area contributed by atoms with Gasteiger partial charge in [0.2, 0.25) is 5.91 Å². The van der Waals surface area contributed by atoms with Gasteiger partial charge in [-0.1, -0.05) is 19.3 Å². The molecule has 0 atom stereocenters. The highest BCUT2D eigenvalue weighted by molar-refractivity contribution is 6.06. The van der Waals surface area contributed by atoms with Gasteiger partial charge in [-0.3, -0.25) is 9.59 Å². The van der Waals surface area contributed by atoms with E-state index in [4.69, 9.17) is 4.74 Å². The molecule has 2 amide bonds. The van der Waals surface area contributed by atoms with Crippen LogP contribution in [0.5, 0.6) is 5.75 Å². The quantitative estimate of drug-likeness (QED) is 0.581. The fraction of sp³-hybridized carbons (Fsp3) is 0.500. The van der Waals surface area contributed by atoms with Crippen LogP contribution in [-0.4, -0.2) is 61.4 Å². The molecule has 0 radical (unpaired) electrons. The molecule has 0 aromatic heterocycles. The van der Waals surface area contributed by atoms with Gasteiger partial charge in [0.05, 0.1) is 7.11 Å². The number of carbonyl (C=O) groups is 2. The minimum Gasteiger partial charge on any atom is -0.496 e. The summed E-state index contributed by atoms with van der Waals surface area (Å²) in [5.41, 5.74) is 4.63. The molecule has 2 N–H and O–H groups in total. The number of benzene rings is 2. The minimum atomic E-state index is -0.840. The van der Waals surface area contributed by atoms with Crippen LogP contribution < -0.4 is 15.4 Å². The molecule has 2 aromatic carbocycles. The second kappa shape index (κ2) is 10.3. The number of carbonyl (C=O) groups excluding carboxylic acids is 2. The number of fused-ring (bicyclic) bond motifs is 1. The lowest BCUT2D eigenvalue weighted by molar-refractivity contribution is -0.129. The first-order chi connectivity index (χ1) is 16.7. The molecule has 35 heavy (non-hydrogen) atoms. The fourth-order valence-electron chi connectivity index (χ4n) is 5.42. The summed E-state index contributed by atoms with van der Waals surface area (Å²) < 4.78 is 5.36. The third-order valence-electron chi connectivity index (χ3n) is 7.43. The standard InChI is InChI=1S/C28H38N4O3/c1-19-15-22(29-13-14-31(3)4)17-23-24(19)18-32(26(23)33)28(11-7-6-8-12-28)27(34)30-21-9-10-25(35-5)20(2)16-21/h9-10,15-17,29H,6-8,11-14,18H2,1-5H3,(H,30,34). The molecule has 4 rings (SSSR count). The second-order valence-electron chi connectivity index (χ2n) is 10.2. The number of hydrogen-bond donors (Lipinski definition) is 2. The van der Waals surface area contributed by atoms with Crippen LogP contribution in [0, 0.1) is 13.8 Å². The summed E-state index contributed by atoms with van der Waals surface area (Å²) in [5.74, 6) is 0.651. The Balaban J connectivity index is 1.60. The number of nitrogens with one attached hydrogen (secondary N) is 2. The molecule has 2 aromatic rings. The Morgan fingerprint density at radius 3 is 2.43 bits per heavy atom. The van der Waals surface area contributed by atoms with Crippen molar-refractivity contribution in [3.05, 3.63) is 52.6 Å². The number of methoxy groups -OCH3 is 1. The number of anilines is 2. The van der Waals surface area contributed by atoms with Gasteiger partial charge < -0.3 is 25.2 Å². The van der Waals surface area contributed by atoms with Crippen LogP contribution in [0.25, 0.3) is 0 Å². The fourth-order valence-corrected chi connectivity index (χ4v) is 5.42. The molecule has 0 unspecified atom stereocenters. The van der Waals surface area contributed by atoms with Crippen molar-refractivity contribution < 1.29 is 14.3 Å². The normalized spacial score (nSPS) is 16.9. The molecule has 7 nitrogen and oxygen atoms in total. The van der Waals surface area contributed by atoms with Gasteiger partial charge in [-0.05, 0) is 87.8 Å². The Labute approximate surface area is 208 Å². The van der Waals surface area contributed by atoms with E-state index >= 15 is 0 Å². The third kappa shape index (κ3) is 5.01. The molecule has 1 aliphatic carbocycles. The molecule has 1 aliphatic heterocycles. The summed E-state index contributed by atoms with van der Waals surface area (Å²) in [7, 11) is 5.72. The van der Waals surface area contributed by atoms with Gasteiger partial charge in [0.25, 0.3) is 5.91 Å². The van der Waals surface area contributed by atoms with E-state index in [9.17, 15) is 9.59 Å². The van der Waals surface area contributed by atoms with E-state index in [1.54, 1.807) is 7.11 Å². The SMILES string of the molecule is COc1ccc(NC(=O)C2(N3Cc4c(C)cc(NCCN(C)C)cc4C3=O)CCCCC2)cc1C. The van der Waals surface area contributed by atoms with Crippen molar-refractivity contribution in [1.82, 2.24) is 9.80 Å². The summed E-state index contributed by atoms with van der Waals surface area (Å²) in [6, 6.07) is 9.71. The van der Waals surface area contributed by atoms with E-state index in [1.807, 2.05) is 50.2 Å². The van der Waals surface area contributed by atoms with E-state index < -0.39 is 5.54 Å². The number of likely N-dealkylation sites (N-methyl/N-ethyl adjacent to an activating group) is 1. The Morgan fingerprint density at radius 1 is 1.06 bits per heavy atom. The van der Waals surface area contributed by atoms with Crippen LogP contribution >= 0.6 is 0 Å². The summed E-state index contributed by atoms with van der Waals surface area (Å²) in [6.45, 7) is 6.20.